The number of hydrogen-bond donors (Lipinski definition) is 0. The standard InChI is InChI=1S/C61H71BN2/c1-38-31-40(39-19-17-16-18-20-39)21-25-50(38)64-51-26-22-41(56(2,3)4)32-48(51)62-49-36-46-47(61(14,15)30-29-60(46,12)13)37-52(49)63(53-33-42(57(5,6)7)34-54(64)55(53)62)43-23-24-44-45(35-43)59(10,11)28-27-58(44,8)9/h16-26,31-37H,27-30H2,1-15H3. The summed E-state index contributed by atoms with van der Waals surface area (Å²) in [4.78, 5) is 5.36. The van der Waals surface area contributed by atoms with Crippen molar-refractivity contribution in [1.29, 1.82) is 0 Å². The highest BCUT2D eigenvalue weighted by atomic mass is 15.2. The van der Waals surface area contributed by atoms with E-state index in [-0.39, 0.29) is 39.2 Å². The van der Waals surface area contributed by atoms with E-state index in [0.717, 1.165) is 0 Å². The predicted octanol–water partition coefficient (Wildman–Crippen LogP) is 15.0. The van der Waals surface area contributed by atoms with Crippen LogP contribution in [0.15, 0.2) is 109 Å². The maximum atomic E-state index is 2.72. The van der Waals surface area contributed by atoms with Gasteiger partial charge in [0.25, 0.3) is 6.71 Å². The molecule has 0 amide bonds. The van der Waals surface area contributed by atoms with Crippen molar-refractivity contribution in [2.45, 2.75) is 162 Å². The van der Waals surface area contributed by atoms with Crippen LogP contribution in [0.3, 0.4) is 0 Å². The van der Waals surface area contributed by atoms with Crippen molar-refractivity contribution in [2.24, 2.45) is 0 Å². The van der Waals surface area contributed by atoms with Crippen molar-refractivity contribution in [1.82, 2.24) is 0 Å². The van der Waals surface area contributed by atoms with Crippen molar-refractivity contribution in [3.05, 3.63) is 148 Å². The van der Waals surface area contributed by atoms with E-state index in [9.17, 15) is 0 Å². The molecule has 0 N–H and O–H groups in total. The van der Waals surface area contributed by atoms with Gasteiger partial charge in [0.15, 0.2) is 0 Å². The van der Waals surface area contributed by atoms with Crippen LogP contribution in [0.2, 0.25) is 0 Å². The number of hydrogen-bond acceptors (Lipinski definition) is 2. The Labute approximate surface area is 386 Å². The molecule has 6 aromatic rings. The minimum atomic E-state index is -0.0923. The summed E-state index contributed by atoms with van der Waals surface area (Å²) in [5.74, 6) is 0. The molecule has 0 unspecified atom stereocenters. The Morgan fingerprint density at radius 3 is 1.55 bits per heavy atom. The summed E-state index contributed by atoms with van der Waals surface area (Å²) < 4.78 is 0. The van der Waals surface area contributed by atoms with E-state index in [0.29, 0.717) is 0 Å². The van der Waals surface area contributed by atoms with Crippen LogP contribution in [0.5, 0.6) is 0 Å². The highest BCUT2D eigenvalue weighted by Crippen LogP contribution is 2.53. The van der Waals surface area contributed by atoms with E-state index >= 15 is 0 Å². The van der Waals surface area contributed by atoms with Gasteiger partial charge in [0.05, 0.1) is 0 Å². The van der Waals surface area contributed by atoms with E-state index in [1.54, 1.807) is 0 Å². The van der Waals surface area contributed by atoms with Crippen molar-refractivity contribution in [3.8, 4) is 11.1 Å². The van der Waals surface area contributed by atoms with Crippen molar-refractivity contribution in [3.63, 3.8) is 0 Å². The van der Waals surface area contributed by atoms with Crippen LogP contribution in [-0.2, 0) is 32.5 Å². The molecule has 0 spiro atoms. The lowest BCUT2D eigenvalue weighted by atomic mass is 9.32. The molecule has 2 heterocycles. The molecule has 0 fully saturated rings. The van der Waals surface area contributed by atoms with Crippen LogP contribution >= 0.6 is 0 Å². The second kappa shape index (κ2) is 14.0. The Kier molecular flexibility index (Phi) is 9.38. The van der Waals surface area contributed by atoms with Crippen LogP contribution in [-0.4, -0.2) is 6.71 Å². The van der Waals surface area contributed by atoms with E-state index in [2.05, 4.69) is 223 Å². The number of anilines is 6. The first-order chi connectivity index (χ1) is 29.9. The maximum absolute atomic E-state index is 2.72. The zero-order chi connectivity index (χ0) is 45.7. The molecule has 0 saturated heterocycles. The first kappa shape index (κ1) is 42.9. The molecule has 10 rings (SSSR count). The Balaban J connectivity index is 1.34. The molecular formula is C61H71BN2. The highest BCUT2D eigenvalue weighted by Gasteiger charge is 2.48. The topological polar surface area (TPSA) is 6.48 Å². The van der Waals surface area contributed by atoms with Gasteiger partial charge in [0.1, 0.15) is 0 Å². The van der Waals surface area contributed by atoms with E-state index < -0.39 is 0 Å². The van der Waals surface area contributed by atoms with Crippen LogP contribution in [0.1, 0.15) is 162 Å². The lowest BCUT2D eigenvalue weighted by Crippen LogP contribution is -2.62. The quantitative estimate of drug-likeness (QED) is 0.164. The van der Waals surface area contributed by atoms with Gasteiger partial charge in [-0.2, -0.15) is 0 Å². The van der Waals surface area contributed by atoms with Gasteiger partial charge in [-0.1, -0.05) is 158 Å². The number of fused-ring (bicyclic) bond motifs is 6. The highest BCUT2D eigenvalue weighted by molar-refractivity contribution is 7.00. The third-order valence-corrected chi connectivity index (χ3v) is 16.4. The van der Waals surface area contributed by atoms with Crippen LogP contribution in [0.25, 0.3) is 11.1 Å². The summed E-state index contributed by atoms with van der Waals surface area (Å²) in [6.07, 6.45) is 4.76. The van der Waals surface area contributed by atoms with Gasteiger partial charge in [0.2, 0.25) is 0 Å². The van der Waals surface area contributed by atoms with Crippen molar-refractivity contribution in [2.75, 3.05) is 9.80 Å². The first-order valence-corrected chi connectivity index (χ1v) is 24.3. The van der Waals surface area contributed by atoms with Gasteiger partial charge >= 0.3 is 0 Å². The summed E-state index contributed by atoms with van der Waals surface area (Å²) in [5.41, 5.74) is 24.8. The smallest absolute Gasteiger partial charge is 0.252 e. The van der Waals surface area contributed by atoms with Gasteiger partial charge < -0.3 is 9.80 Å². The van der Waals surface area contributed by atoms with Crippen molar-refractivity contribution >= 4 is 57.2 Å². The minimum absolute atomic E-state index is 0.0125. The van der Waals surface area contributed by atoms with Gasteiger partial charge in [0, 0.05) is 34.1 Å². The SMILES string of the molecule is Cc1cc(-c2ccccc2)ccc1N1c2ccc(C(C)(C)C)cc2B2c3cc4c(cc3N(c3ccc5c(c3)C(C)(C)CCC5(C)C)c3cc(C(C)(C)C)cc1c32)C(C)(C)CCC4(C)C. The number of aryl methyl sites for hydroxylation is 1. The Hall–Kier alpha value is -5.02. The minimum Gasteiger partial charge on any atom is -0.311 e. The molecule has 64 heavy (non-hydrogen) atoms. The first-order valence-electron chi connectivity index (χ1n) is 24.3. The fourth-order valence-corrected chi connectivity index (χ4v) is 11.9. The predicted molar refractivity (Wildman–Crippen MR) is 279 cm³/mol. The van der Waals surface area contributed by atoms with E-state index in [1.807, 2.05) is 0 Å². The lowest BCUT2D eigenvalue weighted by Gasteiger charge is -2.48. The molecule has 2 aliphatic carbocycles. The van der Waals surface area contributed by atoms with E-state index in [1.165, 1.54) is 126 Å². The third-order valence-electron chi connectivity index (χ3n) is 16.4. The summed E-state index contributed by atoms with van der Waals surface area (Å²) in [5, 5.41) is 0. The normalized spacial score (nSPS) is 18.7. The third kappa shape index (κ3) is 6.64. The number of benzene rings is 6. The van der Waals surface area contributed by atoms with Crippen molar-refractivity contribution < 1.29 is 0 Å². The molecule has 6 aromatic carbocycles. The molecular weight excluding hydrogens is 771 g/mol. The van der Waals surface area contributed by atoms with Crippen LogP contribution in [0, 0.1) is 6.92 Å². The van der Waals surface area contributed by atoms with Crippen LogP contribution in [0.4, 0.5) is 34.1 Å². The fraction of sp³-hybridized carbons (Fsp3) is 0.410. The van der Waals surface area contributed by atoms with Crippen LogP contribution < -0.4 is 26.2 Å². The summed E-state index contributed by atoms with van der Waals surface area (Å²) in [6, 6.07) is 43.5. The largest absolute Gasteiger partial charge is 0.311 e. The van der Waals surface area contributed by atoms with Gasteiger partial charge in [-0.25, -0.2) is 0 Å². The molecule has 0 saturated carbocycles. The maximum Gasteiger partial charge on any atom is 0.252 e. The molecule has 0 aromatic heterocycles. The second-order valence-corrected chi connectivity index (χ2v) is 24.9. The fourth-order valence-electron chi connectivity index (χ4n) is 11.9. The lowest BCUT2D eigenvalue weighted by molar-refractivity contribution is 0.332. The molecule has 0 atom stereocenters. The van der Waals surface area contributed by atoms with Gasteiger partial charge in [-0.15, -0.1) is 0 Å². The van der Waals surface area contributed by atoms with Gasteiger partial charge in [-0.3, -0.25) is 0 Å². The molecule has 328 valence electrons. The number of rotatable bonds is 3. The molecule has 4 aliphatic rings. The zero-order valence-electron chi connectivity index (χ0n) is 41.7. The van der Waals surface area contributed by atoms with E-state index in [4.69, 9.17) is 0 Å². The molecule has 0 radical (unpaired) electrons. The number of nitrogens with zero attached hydrogens (tertiary/aromatic N) is 2. The van der Waals surface area contributed by atoms with Gasteiger partial charge in [-0.05, 0) is 180 Å². The molecule has 2 nitrogen and oxygen atoms in total. The summed E-state index contributed by atoms with van der Waals surface area (Å²) in [6.45, 7) is 36.5. The second-order valence-electron chi connectivity index (χ2n) is 24.9. The Morgan fingerprint density at radius 1 is 0.422 bits per heavy atom. The summed E-state index contributed by atoms with van der Waals surface area (Å²) >= 11 is 0. The molecule has 2 aliphatic heterocycles. The summed E-state index contributed by atoms with van der Waals surface area (Å²) in [7, 11) is 0. The molecule has 3 heteroatoms. The zero-order valence-corrected chi connectivity index (χ0v) is 41.7. The Bertz CT molecular complexity index is 2880. The monoisotopic (exact) mass is 843 g/mol. The molecule has 0 bridgehead atoms. The Morgan fingerprint density at radius 2 is 0.953 bits per heavy atom. The average Bonchev–Trinajstić information content (AvgIpc) is 3.23. The average molecular weight is 843 g/mol.